The molecule has 4 heteroatoms. The zero-order chi connectivity index (χ0) is 11.8. The molecule has 2 nitrogen and oxygen atoms in total. The summed E-state index contributed by atoms with van der Waals surface area (Å²) in [6.07, 6.45) is 2.49. The highest BCUT2D eigenvalue weighted by molar-refractivity contribution is 9.10. The Bertz CT molecular complexity index is 416. The summed E-state index contributed by atoms with van der Waals surface area (Å²) in [6, 6.07) is 5.63. The average molecular weight is 299 g/mol. The van der Waals surface area contributed by atoms with Crippen molar-refractivity contribution in [2.24, 2.45) is 5.92 Å². The van der Waals surface area contributed by atoms with Gasteiger partial charge in [0.2, 0.25) is 0 Å². The molecule has 3 aliphatic heterocycles. The molecule has 1 unspecified atom stereocenters. The lowest BCUT2D eigenvalue weighted by molar-refractivity contribution is 0.0974. The van der Waals surface area contributed by atoms with Gasteiger partial charge in [0.15, 0.2) is 0 Å². The van der Waals surface area contributed by atoms with Gasteiger partial charge in [-0.3, -0.25) is 0 Å². The van der Waals surface area contributed by atoms with Crippen LogP contribution in [0.15, 0.2) is 22.7 Å². The summed E-state index contributed by atoms with van der Waals surface area (Å²) < 4.78 is 14.5. The van der Waals surface area contributed by atoms with Crippen LogP contribution in [-0.2, 0) is 0 Å². The average Bonchev–Trinajstić information content (AvgIpc) is 2.34. The van der Waals surface area contributed by atoms with Crippen LogP contribution in [0.1, 0.15) is 12.8 Å². The number of benzene rings is 1. The Balaban J connectivity index is 1.74. The van der Waals surface area contributed by atoms with E-state index in [2.05, 4.69) is 26.1 Å². The molecule has 4 rings (SSSR count). The van der Waals surface area contributed by atoms with E-state index >= 15 is 0 Å². The number of halogens is 2. The second-order valence-electron chi connectivity index (χ2n) is 5.01. The van der Waals surface area contributed by atoms with E-state index in [0.717, 1.165) is 11.0 Å². The van der Waals surface area contributed by atoms with Gasteiger partial charge in [0, 0.05) is 17.1 Å². The van der Waals surface area contributed by atoms with Gasteiger partial charge in [-0.2, -0.15) is 0 Å². The minimum absolute atomic E-state index is 0.171. The van der Waals surface area contributed by atoms with Crippen molar-refractivity contribution in [3.63, 3.8) is 0 Å². The topological polar surface area (TPSA) is 15.3 Å². The highest BCUT2D eigenvalue weighted by atomic mass is 79.9. The third-order valence-electron chi connectivity index (χ3n) is 3.93. The number of nitrogens with zero attached hydrogens (tertiary/aromatic N) is 1. The minimum atomic E-state index is -0.171. The Morgan fingerprint density at radius 1 is 1.29 bits per heavy atom. The highest BCUT2D eigenvalue weighted by Crippen LogP contribution is 2.30. The monoisotopic (exact) mass is 298 g/mol. The van der Waals surface area contributed by atoms with E-state index in [9.17, 15) is 4.39 Å². The maximum Gasteiger partial charge on any atom is 0.147 e. The third kappa shape index (κ3) is 2.33. The Morgan fingerprint density at radius 3 is 2.65 bits per heavy atom. The Hall–Kier alpha value is -0.610. The van der Waals surface area contributed by atoms with Crippen LogP contribution < -0.4 is 5.32 Å². The van der Waals surface area contributed by atoms with Crippen LogP contribution in [0.5, 0.6) is 0 Å². The van der Waals surface area contributed by atoms with Crippen molar-refractivity contribution < 1.29 is 4.39 Å². The molecule has 92 valence electrons. The molecule has 0 amide bonds. The summed E-state index contributed by atoms with van der Waals surface area (Å²) in [7, 11) is 0. The Labute approximate surface area is 109 Å². The second kappa shape index (κ2) is 4.58. The third-order valence-corrected chi connectivity index (χ3v) is 4.42. The molecule has 1 aromatic rings. The molecular formula is C13H16BrFN2. The molecule has 3 fully saturated rings. The fourth-order valence-electron chi connectivity index (χ4n) is 2.93. The summed E-state index contributed by atoms with van der Waals surface area (Å²) >= 11 is 3.28. The van der Waals surface area contributed by atoms with Gasteiger partial charge in [-0.15, -0.1) is 0 Å². The first-order valence-corrected chi connectivity index (χ1v) is 6.95. The van der Waals surface area contributed by atoms with Crippen molar-refractivity contribution in [3.8, 4) is 0 Å². The van der Waals surface area contributed by atoms with Crippen molar-refractivity contribution >= 4 is 21.6 Å². The number of hydrogen-bond acceptors (Lipinski definition) is 2. The van der Waals surface area contributed by atoms with E-state index in [1.807, 2.05) is 12.1 Å². The molecule has 0 saturated carbocycles. The van der Waals surface area contributed by atoms with Crippen LogP contribution in [0.4, 0.5) is 10.1 Å². The van der Waals surface area contributed by atoms with Crippen molar-refractivity contribution in [2.75, 3.05) is 25.0 Å². The van der Waals surface area contributed by atoms with Crippen LogP contribution in [-0.4, -0.2) is 30.6 Å². The summed E-state index contributed by atoms with van der Waals surface area (Å²) in [5.74, 6) is 0.541. The minimum Gasteiger partial charge on any atom is -0.378 e. The first-order chi connectivity index (χ1) is 8.22. The molecule has 1 N–H and O–H groups in total. The summed E-state index contributed by atoms with van der Waals surface area (Å²) in [4.78, 5) is 2.47. The van der Waals surface area contributed by atoms with E-state index in [1.165, 1.54) is 32.0 Å². The van der Waals surface area contributed by atoms with Crippen LogP contribution in [0.25, 0.3) is 0 Å². The Morgan fingerprint density at radius 2 is 2.06 bits per heavy atom. The maximum atomic E-state index is 13.7. The van der Waals surface area contributed by atoms with E-state index in [1.54, 1.807) is 0 Å². The summed E-state index contributed by atoms with van der Waals surface area (Å²) in [5, 5.41) is 3.37. The fraction of sp³-hybridized carbons (Fsp3) is 0.538. The van der Waals surface area contributed by atoms with E-state index < -0.39 is 0 Å². The molecule has 2 bridgehead atoms. The first-order valence-electron chi connectivity index (χ1n) is 6.16. The lowest BCUT2D eigenvalue weighted by Gasteiger charge is -2.45. The lowest BCUT2D eigenvalue weighted by atomic mass is 9.84. The number of nitrogens with one attached hydrogen (secondary N) is 1. The molecule has 3 heterocycles. The Kier molecular flexibility index (Phi) is 3.09. The highest BCUT2D eigenvalue weighted by Gasteiger charge is 2.34. The van der Waals surface area contributed by atoms with Crippen molar-refractivity contribution in [2.45, 2.75) is 18.9 Å². The number of piperidine rings is 3. The predicted octanol–water partition coefficient (Wildman–Crippen LogP) is 3.09. The van der Waals surface area contributed by atoms with E-state index in [4.69, 9.17) is 0 Å². The van der Waals surface area contributed by atoms with Gasteiger partial charge in [-0.1, -0.05) is 15.9 Å². The predicted molar refractivity (Wildman–Crippen MR) is 70.7 cm³/mol. The largest absolute Gasteiger partial charge is 0.378 e. The van der Waals surface area contributed by atoms with Gasteiger partial charge in [0.25, 0.3) is 0 Å². The van der Waals surface area contributed by atoms with Gasteiger partial charge in [-0.05, 0) is 50.0 Å². The second-order valence-corrected chi connectivity index (χ2v) is 5.93. The lowest BCUT2D eigenvalue weighted by Crippen LogP contribution is -2.53. The van der Waals surface area contributed by atoms with Crippen LogP contribution in [0.3, 0.4) is 0 Å². The van der Waals surface area contributed by atoms with Crippen LogP contribution >= 0.6 is 15.9 Å². The molecule has 1 aromatic carbocycles. The molecule has 0 aliphatic carbocycles. The standard InChI is InChI=1S/C13H16BrFN2/c14-10-1-2-12(11(15)7-10)16-13-8-17-5-3-9(13)4-6-17/h1-2,7,9,13,16H,3-6,8H2. The van der Waals surface area contributed by atoms with Gasteiger partial charge in [0.1, 0.15) is 5.82 Å². The molecule has 0 aromatic heterocycles. The van der Waals surface area contributed by atoms with Gasteiger partial charge >= 0.3 is 0 Å². The quantitative estimate of drug-likeness (QED) is 0.903. The molecule has 0 spiro atoms. The van der Waals surface area contributed by atoms with Crippen molar-refractivity contribution in [3.05, 3.63) is 28.5 Å². The number of fused-ring (bicyclic) bond motifs is 3. The van der Waals surface area contributed by atoms with Gasteiger partial charge in [-0.25, -0.2) is 4.39 Å². The zero-order valence-corrected chi connectivity index (χ0v) is 11.2. The SMILES string of the molecule is Fc1cc(Br)ccc1NC1CN2CCC1CC2. The van der Waals surface area contributed by atoms with E-state index in [-0.39, 0.29) is 5.82 Å². The molecule has 3 saturated heterocycles. The molecule has 1 atom stereocenters. The first kappa shape index (κ1) is 11.5. The molecule has 0 radical (unpaired) electrons. The van der Waals surface area contributed by atoms with Crippen molar-refractivity contribution in [1.29, 1.82) is 0 Å². The molecule has 3 aliphatic rings. The molecular weight excluding hydrogens is 283 g/mol. The van der Waals surface area contributed by atoms with E-state index in [0.29, 0.717) is 17.6 Å². The van der Waals surface area contributed by atoms with Gasteiger partial charge < -0.3 is 10.2 Å². The maximum absolute atomic E-state index is 13.7. The van der Waals surface area contributed by atoms with Gasteiger partial charge in [0.05, 0.1) is 5.69 Å². The smallest absolute Gasteiger partial charge is 0.147 e. The summed E-state index contributed by atoms with van der Waals surface area (Å²) in [6.45, 7) is 3.48. The number of anilines is 1. The fourth-order valence-corrected chi connectivity index (χ4v) is 3.27. The van der Waals surface area contributed by atoms with Crippen molar-refractivity contribution in [1.82, 2.24) is 4.90 Å². The zero-order valence-electron chi connectivity index (χ0n) is 9.63. The number of hydrogen-bond donors (Lipinski definition) is 1. The van der Waals surface area contributed by atoms with Crippen LogP contribution in [0, 0.1) is 11.7 Å². The number of rotatable bonds is 2. The summed E-state index contributed by atoms with van der Waals surface area (Å²) in [5.41, 5.74) is 0.631. The normalized spacial score (nSPS) is 31.5. The van der Waals surface area contributed by atoms with Crippen LogP contribution in [0.2, 0.25) is 0 Å². The molecule has 17 heavy (non-hydrogen) atoms.